The molecule has 0 saturated carbocycles. The summed E-state index contributed by atoms with van der Waals surface area (Å²) in [7, 11) is 0. The molecule has 0 amide bonds. The molecule has 2 aromatic carbocycles. The molecule has 1 saturated heterocycles. The number of fused-ring (bicyclic) bond motifs is 6. The molecule has 0 spiro atoms. The zero-order chi connectivity index (χ0) is 19.0. The van der Waals surface area contributed by atoms with Gasteiger partial charge in [0, 0.05) is 0 Å². The van der Waals surface area contributed by atoms with Crippen molar-refractivity contribution in [3.8, 4) is 0 Å². The first-order chi connectivity index (χ1) is 14.4. The third kappa shape index (κ3) is 2.79. The van der Waals surface area contributed by atoms with Crippen molar-refractivity contribution < 1.29 is 41.4 Å². The van der Waals surface area contributed by atoms with Crippen LogP contribution in [-0.2, 0) is 16.6 Å². The molecule has 1 fully saturated rings. The van der Waals surface area contributed by atoms with Crippen LogP contribution < -0.4 is 24.8 Å². The van der Waals surface area contributed by atoms with Gasteiger partial charge in [-0.1, -0.05) is 0 Å². The quantitative estimate of drug-likeness (QED) is 0.572. The predicted molar refractivity (Wildman–Crippen MR) is 118 cm³/mol. The van der Waals surface area contributed by atoms with E-state index in [-0.39, 0.29) is 24.8 Å². The van der Waals surface area contributed by atoms with Crippen molar-refractivity contribution >= 4 is 7.76 Å². The van der Waals surface area contributed by atoms with E-state index in [0.29, 0.717) is 11.8 Å². The molecular weight excluding hydrogens is 455 g/mol. The van der Waals surface area contributed by atoms with Gasteiger partial charge in [-0.3, -0.25) is 0 Å². The van der Waals surface area contributed by atoms with Crippen molar-refractivity contribution in [1.29, 1.82) is 0 Å². The SMILES string of the molecule is C1=CC2=[C]([Ti+2]3([C]4=C5C=CC=CC5c5ccccc54)[CH2][CH2]3)c3ccccc3C2C=C1.[Cl-].[Cl-]. The van der Waals surface area contributed by atoms with Gasteiger partial charge in [0.2, 0.25) is 0 Å². The Bertz CT molecular complexity index is 1170. The van der Waals surface area contributed by atoms with E-state index in [1.165, 1.54) is 20.6 Å². The maximum atomic E-state index is 2.42. The van der Waals surface area contributed by atoms with Gasteiger partial charge in [0.05, 0.1) is 0 Å². The van der Waals surface area contributed by atoms with Crippen molar-refractivity contribution in [3.05, 3.63) is 131 Å². The maximum Gasteiger partial charge on any atom is -1.00 e. The second kappa shape index (κ2) is 7.64. The topological polar surface area (TPSA) is 0 Å². The number of hydrogen-bond donors (Lipinski definition) is 0. The van der Waals surface area contributed by atoms with Gasteiger partial charge in [0.25, 0.3) is 0 Å². The van der Waals surface area contributed by atoms with Crippen LogP contribution in [0.4, 0.5) is 0 Å². The van der Waals surface area contributed by atoms with E-state index in [1.807, 2.05) is 0 Å². The van der Waals surface area contributed by atoms with E-state index in [4.69, 9.17) is 0 Å². The Morgan fingerprint density at radius 3 is 1.48 bits per heavy atom. The van der Waals surface area contributed by atoms with Crippen molar-refractivity contribution in [2.75, 3.05) is 0 Å². The molecule has 0 nitrogen and oxygen atoms in total. The summed E-state index contributed by atoms with van der Waals surface area (Å²) >= 11 is -2.37. The predicted octanol–water partition coefficient (Wildman–Crippen LogP) is 1.27. The molecule has 5 aliphatic rings. The Balaban J connectivity index is 0.00000102. The van der Waals surface area contributed by atoms with Crippen molar-refractivity contribution in [2.45, 2.75) is 21.3 Å². The molecule has 2 atom stereocenters. The average Bonchev–Trinajstić information content (AvgIpc) is 3.38. The van der Waals surface area contributed by atoms with Crippen LogP contribution in [0.2, 0.25) is 9.45 Å². The van der Waals surface area contributed by atoms with Crippen LogP contribution in [0.1, 0.15) is 34.1 Å². The third-order valence-corrected chi connectivity index (χ3v) is 14.5. The van der Waals surface area contributed by atoms with E-state index in [1.54, 1.807) is 30.0 Å². The van der Waals surface area contributed by atoms with Gasteiger partial charge in [-0.25, -0.2) is 0 Å². The van der Waals surface area contributed by atoms with Gasteiger partial charge < -0.3 is 24.8 Å². The van der Waals surface area contributed by atoms with Crippen molar-refractivity contribution in [2.24, 2.45) is 0 Å². The average molecular weight is 477 g/mol. The summed E-state index contributed by atoms with van der Waals surface area (Å²) in [5.74, 6) is 0.934. The van der Waals surface area contributed by atoms with Gasteiger partial charge in [-0.15, -0.1) is 0 Å². The first kappa shape index (κ1) is 21.0. The molecule has 2 aromatic rings. The Morgan fingerprint density at radius 2 is 1.03 bits per heavy atom. The molecule has 152 valence electrons. The molecule has 4 aliphatic carbocycles. The molecule has 0 bridgehead atoms. The van der Waals surface area contributed by atoms with Gasteiger partial charge in [0.15, 0.2) is 0 Å². The Hall–Kier alpha value is -1.83. The summed E-state index contributed by atoms with van der Waals surface area (Å²) in [6.45, 7) is 0. The van der Waals surface area contributed by atoms with Crippen LogP contribution >= 0.6 is 0 Å². The monoisotopic (exact) mass is 476 g/mol. The fraction of sp³-hybridized carbons (Fsp3) is 0.143. The fourth-order valence-corrected chi connectivity index (χ4v) is 15.0. The van der Waals surface area contributed by atoms with Crippen molar-refractivity contribution in [3.63, 3.8) is 0 Å². The van der Waals surface area contributed by atoms with E-state index in [9.17, 15) is 0 Å². The molecule has 0 N–H and O–H groups in total. The normalized spacial score (nSPS) is 23.7. The first-order valence-corrected chi connectivity index (χ1v) is 14.5. The molecule has 2 unspecified atom stereocenters. The van der Waals surface area contributed by atoms with Gasteiger partial charge in [0.1, 0.15) is 0 Å². The summed E-state index contributed by atoms with van der Waals surface area (Å²) in [6, 6.07) is 18.5. The van der Waals surface area contributed by atoms with Gasteiger partial charge >= 0.3 is 176 Å². The van der Waals surface area contributed by atoms with E-state index < -0.39 is 16.6 Å². The largest absolute Gasteiger partial charge is 1.00 e. The van der Waals surface area contributed by atoms with E-state index in [0.717, 1.165) is 0 Å². The van der Waals surface area contributed by atoms with Crippen LogP contribution in [0.25, 0.3) is 7.76 Å². The van der Waals surface area contributed by atoms with Crippen LogP contribution in [0.3, 0.4) is 0 Å². The summed E-state index contributed by atoms with van der Waals surface area (Å²) in [5.41, 5.74) is 9.40. The van der Waals surface area contributed by atoms with Crippen LogP contribution in [0, 0.1) is 0 Å². The number of hydrogen-bond acceptors (Lipinski definition) is 0. The Morgan fingerprint density at radius 1 is 0.581 bits per heavy atom. The molecule has 31 heavy (non-hydrogen) atoms. The number of allylic oxidation sites excluding steroid dienone is 10. The number of rotatable bonds is 2. The second-order valence-corrected chi connectivity index (χ2v) is 15.4. The second-order valence-electron chi connectivity index (χ2n) is 8.86. The third-order valence-electron chi connectivity index (χ3n) is 7.47. The van der Waals surface area contributed by atoms with E-state index >= 15 is 0 Å². The molecular formula is C28H22Cl2Ti. The van der Waals surface area contributed by atoms with Crippen molar-refractivity contribution in [1.82, 2.24) is 0 Å². The summed E-state index contributed by atoms with van der Waals surface area (Å²) in [4.78, 5) is 0. The molecule has 1 heterocycles. The molecule has 0 aromatic heterocycles. The summed E-state index contributed by atoms with van der Waals surface area (Å²) < 4.78 is 6.45. The van der Waals surface area contributed by atoms with Crippen LogP contribution in [0.15, 0.2) is 108 Å². The van der Waals surface area contributed by atoms with Gasteiger partial charge in [-0.05, 0) is 0 Å². The summed E-state index contributed by atoms with van der Waals surface area (Å²) in [6.07, 6.45) is 18.6. The first-order valence-electron chi connectivity index (χ1n) is 10.8. The smallest absolute Gasteiger partial charge is 1.00 e. The molecule has 0 radical (unpaired) electrons. The minimum Gasteiger partial charge on any atom is -1.00 e. The zero-order valence-corrected chi connectivity index (χ0v) is 20.1. The summed E-state index contributed by atoms with van der Waals surface area (Å²) in [5, 5.41) is 0. The Kier molecular flexibility index (Phi) is 5.19. The number of halogens is 2. The molecule has 7 rings (SSSR count). The van der Waals surface area contributed by atoms with E-state index in [2.05, 4.69) is 97.1 Å². The van der Waals surface area contributed by atoms with Gasteiger partial charge in [-0.2, -0.15) is 0 Å². The van der Waals surface area contributed by atoms with Crippen LogP contribution in [-0.4, -0.2) is 0 Å². The fourth-order valence-electron chi connectivity index (χ4n) is 6.22. The minimum absolute atomic E-state index is 0. The molecule has 3 heteroatoms. The maximum absolute atomic E-state index is 2.42. The minimum atomic E-state index is -2.37. The zero-order valence-electron chi connectivity index (χ0n) is 17.1. The Labute approximate surface area is 200 Å². The standard InChI is InChI=1S/2C13H9.C2H4.2ClH.Ti/c2*1-3-7-12-10(5-1)9-11-6-2-4-8-13(11)12;1-2;;;/h2*1-8,12H;1-2H2;2*1H;/q;;;;;+2/p-2. The number of benzene rings is 2. The van der Waals surface area contributed by atoms with Crippen LogP contribution in [0.5, 0.6) is 0 Å². The molecule has 1 aliphatic heterocycles.